The fraction of sp³-hybridized carbons (Fsp3) is 0.714. The summed E-state index contributed by atoms with van der Waals surface area (Å²) < 4.78 is 14.9. The molecule has 0 amide bonds. The normalized spacial score (nSPS) is 18.4. The van der Waals surface area contributed by atoms with Crippen molar-refractivity contribution in [1.29, 1.82) is 0 Å². The highest BCUT2D eigenvalue weighted by Crippen LogP contribution is 2.30. The Bertz CT molecular complexity index is 628. The lowest BCUT2D eigenvalue weighted by atomic mass is 9.98. The number of aromatic nitrogens is 4. The molecule has 1 saturated heterocycles. The highest BCUT2D eigenvalue weighted by molar-refractivity contribution is 7.09. The molecule has 0 bridgehead atoms. The van der Waals surface area contributed by atoms with Gasteiger partial charge in [0.15, 0.2) is 0 Å². The van der Waals surface area contributed by atoms with Gasteiger partial charge in [0, 0.05) is 52.2 Å². The van der Waals surface area contributed by atoms with Gasteiger partial charge in [0.25, 0.3) is 5.95 Å². The summed E-state index contributed by atoms with van der Waals surface area (Å²) in [6.07, 6.45) is 2.89. The minimum atomic E-state index is 0.247. The largest absolute Gasteiger partial charge is 0.384 e. The van der Waals surface area contributed by atoms with Crippen LogP contribution in [0.15, 0.2) is 4.52 Å². The van der Waals surface area contributed by atoms with Crippen LogP contribution in [0.3, 0.4) is 0 Å². The first kappa shape index (κ1) is 16.1. The predicted molar refractivity (Wildman–Crippen MR) is 88.3 cm³/mol. The number of ether oxygens (including phenoxy) is 1. The molecule has 0 N–H and O–H groups in total. The van der Waals surface area contributed by atoms with Gasteiger partial charge in [-0.05, 0) is 18.0 Å². The Hall–Kier alpha value is -1.74. The van der Waals surface area contributed by atoms with Gasteiger partial charge in [-0.3, -0.25) is 0 Å². The van der Waals surface area contributed by atoms with Crippen LogP contribution in [0.5, 0.6) is 0 Å². The van der Waals surface area contributed by atoms with Crippen LogP contribution >= 0.6 is 11.5 Å². The molecule has 23 heavy (non-hydrogen) atoms. The molecule has 2 aromatic rings. The molecule has 0 spiro atoms. The van der Waals surface area contributed by atoms with Crippen LogP contribution in [0.1, 0.15) is 30.5 Å². The van der Waals surface area contributed by atoms with Crippen molar-refractivity contribution in [2.24, 2.45) is 0 Å². The topological polar surface area (TPSA) is 80.4 Å². The molecular formula is C14H22N6O2S. The third-order valence-corrected chi connectivity index (χ3v) is 4.67. The van der Waals surface area contributed by atoms with E-state index in [2.05, 4.69) is 24.4 Å². The first-order chi connectivity index (χ1) is 11.2. The van der Waals surface area contributed by atoms with E-state index in [0.717, 1.165) is 43.3 Å². The van der Waals surface area contributed by atoms with Crippen molar-refractivity contribution in [1.82, 2.24) is 19.5 Å². The molecule has 1 aliphatic rings. The monoisotopic (exact) mass is 338 g/mol. The molecule has 1 aliphatic heterocycles. The smallest absolute Gasteiger partial charge is 0.265 e. The molecular weight excluding hydrogens is 316 g/mol. The molecule has 3 rings (SSSR count). The maximum atomic E-state index is 5.43. The second-order valence-electron chi connectivity index (χ2n) is 5.85. The van der Waals surface area contributed by atoms with Gasteiger partial charge in [0.1, 0.15) is 5.82 Å². The van der Waals surface area contributed by atoms with Crippen LogP contribution in [-0.2, 0) is 11.2 Å². The summed E-state index contributed by atoms with van der Waals surface area (Å²) in [5.41, 5.74) is 0. The first-order valence-corrected chi connectivity index (χ1v) is 8.52. The molecule has 1 unspecified atom stereocenters. The quantitative estimate of drug-likeness (QED) is 0.785. The maximum absolute atomic E-state index is 5.43. The lowest BCUT2D eigenvalue weighted by Gasteiger charge is -2.30. The molecule has 3 heterocycles. The van der Waals surface area contributed by atoms with E-state index in [1.807, 2.05) is 19.0 Å². The van der Waals surface area contributed by atoms with E-state index in [-0.39, 0.29) is 5.92 Å². The Morgan fingerprint density at radius 2 is 2.26 bits per heavy atom. The number of rotatable bonds is 6. The first-order valence-electron chi connectivity index (χ1n) is 7.74. The molecule has 0 radical (unpaired) electrons. The van der Waals surface area contributed by atoms with Gasteiger partial charge in [-0.15, -0.1) is 0 Å². The molecule has 0 saturated carbocycles. The number of piperidine rings is 1. The van der Waals surface area contributed by atoms with E-state index in [0.29, 0.717) is 18.4 Å². The number of hydrogen-bond donors (Lipinski definition) is 0. The van der Waals surface area contributed by atoms with Gasteiger partial charge in [0.2, 0.25) is 11.0 Å². The summed E-state index contributed by atoms with van der Waals surface area (Å²) >= 11 is 1.45. The molecule has 8 nitrogen and oxygen atoms in total. The molecule has 9 heteroatoms. The Labute approximate surface area is 139 Å². The summed E-state index contributed by atoms with van der Waals surface area (Å²) in [6, 6.07) is 0. The molecule has 0 aromatic carbocycles. The molecule has 126 valence electrons. The third kappa shape index (κ3) is 3.78. The SMILES string of the molecule is COCCc1nsc(N2CCCC(c3nc(N(C)C)no3)C2)n1. The van der Waals surface area contributed by atoms with Gasteiger partial charge < -0.3 is 19.1 Å². The molecule has 0 aliphatic carbocycles. The van der Waals surface area contributed by atoms with Crippen molar-refractivity contribution in [3.05, 3.63) is 11.7 Å². The number of hydrogen-bond acceptors (Lipinski definition) is 9. The summed E-state index contributed by atoms with van der Waals surface area (Å²) in [5, 5.41) is 4.97. The predicted octanol–water partition coefficient (Wildman–Crippen LogP) is 1.56. The molecule has 2 aromatic heterocycles. The van der Waals surface area contributed by atoms with E-state index in [4.69, 9.17) is 9.26 Å². The summed E-state index contributed by atoms with van der Waals surface area (Å²) in [5.74, 6) is 2.43. The van der Waals surface area contributed by atoms with Crippen molar-refractivity contribution in [2.45, 2.75) is 25.2 Å². The Morgan fingerprint density at radius 1 is 1.39 bits per heavy atom. The second-order valence-corrected chi connectivity index (χ2v) is 6.58. The number of nitrogens with zero attached hydrogens (tertiary/aromatic N) is 6. The van der Waals surface area contributed by atoms with Gasteiger partial charge in [-0.25, -0.2) is 4.98 Å². The van der Waals surface area contributed by atoms with Gasteiger partial charge in [-0.2, -0.15) is 9.36 Å². The maximum Gasteiger partial charge on any atom is 0.265 e. The summed E-state index contributed by atoms with van der Waals surface area (Å²) in [6.45, 7) is 2.48. The second kappa shape index (κ2) is 7.22. The lowest BCUT2D eigenvalue weighted by molar-refractivity contribution is 0.201. The highest BCUT2D eigenvalue weighted by atomic mass is 32.1. The van der Waals surface area contributed by atoms with Crippen LogP contribution in [0.25, 0.3) is 0 Å². The zero-order valence-electron chi connectivity index (χ0n) is 13.7. The van der Waals surface area contributed by atoms with E-state index in [1.165, 1.54) is 11.5 Å². The minimum absolute atomic E-state index is 0.247. The van der Waals surface area contributed by atoms with Crippen molar-refractivity contribution in [2.75, 3.05) is 50.7 Å². The molecule has 1 fully saturated rings. The van der Waals surface area contributed by atoms with E-state index in [9.17, 15) is 0 Å². The standard InChI is InChI=1S/C14H22N6O2S/c1-19(2)13-16-12(22-17-13)10-5-4-7-20(9-10)14-15-11(18-23-14)6-8-21-3/h10H,4-9H2,1-3H3. The summed E-state index contributed by atoms with van der Waals surface area (Å²) in [4.78, 5) is 13.2. The number of methoxy groups -OCH3 is 1. The lowest BCUT2D eigenvalue weighted by Crippen LogP contribution is -2.34. The average molecular weight is 338 g/mol. The van der Waals surface area contributed by atoms with Crippen LogP contribution < -0.4 is 9.80 Å². The van der Waals surface area contributed by atoms with Gasteiger partial charge >= 0.3 is 0 Å². The van der Waals surface area contributed by atoms with Crippen LogP contribution in [0.2, 0.25) is 0 Å². The minimum Gasteiger partial charge on any atom is -0.384 e. The van der Waals surface area contributed by atoms with E-state index >= 15 is 0 Å². The highest BCUT2D eigenvalue weighted by Gasteiger charge is 2.28. The number of anilines is 2. The fourth-order valence-electron chi connectivity index (χ4n) is 2.59. The Balaban J connectivity index is 1.66. The van der Waals surface area contributed by atoms with E-state index < -0.39 is 0 Å². The van der Waals surface area contributed by atoms with Crippen molar-refractivity contribution in [3.8, 4) is 0 Å². The Kier molecular flexibility index (Phi) is 5.06. The Morgan fingerprint density at radius 3 is 3.00 bits per heavy atom. The van der Waals surface area contributed by atoms with Crippen LogP contribution in [0.4, 0.5) is 11.1 Å². The van der Waals surface area contributed by atoms with Gasteiger partial charge in [0.05, 0.1) is 12.5 Å². The zero-order chi connectivity index (χ0) is 16.2. The van der Waals surface area contributed by atoms with Crippen molar-refractivity contribution >= 4 is 22.6 Å². The zero-order valence-corrected chi connectivity index (χ0v) is 14.5. The van der Waals surface area contributed by atoms with Gasteiger partial charge in [-0.1, -0.05) is 0 Å². The van der Waals surface area contributed by atoms with Crippen LogP contribution in [0, 0.1) is 0 Å². The fourth-order valence-corrected chi connectivity index (χ4v) is 3.34. The van der Waals surface area contributed by atoms with E-state index in [1.54, 1.807) is 7.11 Å². The molecule has 1 atom stereocenters. The summed E-state index contributed by atoms with van der Waals surface area (Å²) in [7, 11) is 5.50. The van der Waals surface area contributed by atoms with Crippen molar-refractivity contribution in [3.63, 3.8) is 0 Å². The van der Waals surface area contributed by atoms with Crippen molar-refractivity contribution < 1.29 is 9.26 Å². The average Bonchev–Trinajstić information content (AvgIpc) is 3.22. The third-order valence-electron chi connectivity index (χ3n) is 3.86. The van der Waals surface area contributed by atoms with Crippen LogP contribution in [-0.4, -0.2) is 60.4 Å².